The van der Waals surface area contributed by atoms with E-state index in [4.69, 9.17) is 10.8 Å². The van der Waals surface area contributed by atoms with E-state index in [9.17, 15) is 18.4 Å². The number of halogens is 3. The summed E-state index contributed by atoms with van der Waals surface area (Å²) in [5, 5.41) is 25.1. The van der Waals surface area contributed by atoms with Crippen molar-refractivity contribution in [1.29, 1.82) is 16.1 Å². The first-order valence-electron chi connectivity index (χ1n) is 8.20. The Morgan fingerprint density at radius 1 is 1.37 bits per heavy atom. The van der Waals surface area contributed by atoms with Gasteiger partial charge in [-0.25, -0.2) is 9.97 Å². The van der Waals surface area contributed by atoms with Gasteiger partial charge in [-0.15, -0.1) is 11.3 Å². The number of anilines is 1. The van der Waals surface area contributed by atoms with Gasteiger partial charge in [0.05, 0.1) is 11.9 Å². The summed E-state index contributed by atoms with van der Waals surface area (Å²) in [5.74, 6) is -1.45. The predicted octanol–water partition coefficient (Wildman–Crippen LogP) is 3.15. The lowest BCUT2D eigenvalue weighted by molar-refractivity contribution is -0.0671. The number of aromatic nitrogens is 2. The third kappa shape index (κ3) is 3.71. The summed E-state index contributed by atoms with van der Waals surface area (Å²) < 4.78 is 38.3. The average molecular weight is 395 g/mol. The van der Waals surface area contributed by atoms with Crippen molar-refractivity contribution in [2.24, 2.45) is 0 Å². The van der Waals surface area contributed by atoms with Gasteiger partial charge >= 0.3 is 6.18 Å². The van der Waals surface area contributed by atoms with Crippen molar-refractivity contribution in [3.63, 3.8) is 0 Å². The molecule has 0 atom stereocenters. The minimum absolute atomic E-state index is 0.0145. The molecule has 1 aliphatic heterocycles. The van der Waals surface area contributed by atoms with Gasteiger partial charge in [-0.2, -0.15) is 18.4 Å². The molecule has 3 rings (SSSR count). The summed E-state index contributed by atoms with van der Waals surface area (Å²) in [7, 11) is 0. The second kappa shape index (κ2) is 7.11. The number of amidine groups is 2. The molecular formula is C16H16F3N7S. The zero-order valence-electron chi connectivity index (χ0n) is 14.4. The van der Waals surface area contributed by atoms with Gasteiger partial charge in [0.1, 0.15) is 22.6 Å². The number of rotatable bonds is 3. The van der Waals surface area contributed by atoms with Crippen LogP contribution in [0.4, 0.5) is 19.0 Å². The molecule has 1 saturated heterocycles. The Hall–Kier alpha value is -2.74. The summed E-state index contributed by atoms with van der Waals surface area (Å²) in [6, 6.07) is 3.85. The monoisotopic (exact) mass is 395 g/mol. The molecule has 2 N–H and O–H groups in total. The van der Waals surface area contributed by atoms with Gasteiger partial charge in [0.2, 0.25) is 11.7 Å². The maximum Gasteiger partial charge on any atom is 0.449 e. The molecule has 0 saturated carbocycles. The largest absolute Gasteiger partial charge is 0.449 e. The second-order valence-corrected chi connectivity index (χ2v) is 7.15. The molecule has 3 heterocycles. The van der Waals surface area contributed by atoms with Crippen molar-refractivity contribution in [1.82, 2.24) is 14.9 Å². The molecule has 142 valence electrons. The van der Waals surface area contributed by atoms with E-state index in [0.29, 0.717) is 15.5 Å². The zero-order valence-corrected chi connectivity index (χ0v) is 15.2. The van der Waals surface area contributed by atoms with E-state index in [1.807, 2.05) is 19.1 Å². The minimum atomic E-state index is -4.80. The molecular weight excluding hydrogens is 379 g/mol. The van der Waals surface area contributed by atoms with Crippen LogP contribution in [-0.4, -0.2) is 52.3 Å². The smallest absolute Gasteiger partial charge is 0.347 e. The highest BCUT2D eigenvalue weighted by atomic mass is 32.1. The predicted molar refractivity (Wildman–Crippen MR) is 96.6 cm³/mol. The van der Waals surface area contributed by atoms with E-state index in [1.165, 1.54) is 11.3 Å². The van der Waals surface area contributed by atoms with E-state index in [2.05, 4.69) is 9.97 Å². The molecule has 2 aromatic heterocycles. The van der Waals surface area contributed by atoms with Crippen molar-refractivity contribution in [3.8, 4) is 6.07 Å². The highest BCUT2D eigenvalue weighted by molar-refractivity contribution is 7.18. The van der Waals surface area contributed by atoms with Crippen LogP contribution >= 0.6 is 11.3 Å². The van der Waals surface area contributed by atoms with Crippen LogP contribution in [0.15, 0.2) is 6.07 Å². The molecule has 11 heteroatoms. The van der Waals surface area contributed by atoms with Crippen LogP contribution in [0, 0.1) is 22.1 Å². The maximum absolute atomic E-state index is 12.8. The number of hydrogen-bond acceptors (Lipinski definition) is 7. The van der Waals surface area contributed by atoms with Gasteiger partial charge in [0, 0.05) is 18.0 Å². The number of thiophene rings is 1. The van der Waals surface area contributed by atoms with E-state index < -0.39 is 12.0 Å². The highest BCUT2D eigenvalue weighted by Gasteiger charge is 2.41. The summed E-state index contributed by atoms with van der Waals surface area (Å²) in [6.45, 7) is 1.91. The summed E-state index contributed by atoms with van der Waals surface area (Å²) in [6.07, 6.45) is -2.99. The number of fused-ring (bicyclic) bond motifs is 1. The molecule has 7 nitrogen and oxygen atoms in total. The SMILES string of the molecule is CCCc1cc2c(N3CCN(C(=N)C(F)(F)F)C(=N)C3)nc(C#N)nc2s1. The Morgan fingerprint density at radius 3 is 2.70 bits per heavy atom. The second-order valence-electron chi connectivity index (χ2n) is 6.03. The van der Waals surface area contributed by atoms with Crippen LogP contribution in [0.3, 0.4) is 0 Å². The molecule has 2 aromatic rings. The number of piperazine rings is 1. The lowest BCUT2D eigenvalue weighted by Gasteiger charge is -2.37. The number of nitrogens with zero attached hydrogens (tertiary/aromatic N) is 5. The van der Waals surface area contributed by atoms with Crippen molar-refractivity contribution in [2.45, 2.75) is 25.9 Å². The summed E-state index contributed by atoms with van der Waals surface area (Å²) in [4.78, 5) is 12.5. The number of nitrogens with one attached hydrogen (secondary N) is 2. The fourth-order valence-electron chi connectivity index (χ4n) is 2.90. The molecule has 0 aliphatic carbocycles. The molecule has 0 spiro atoms. The Morgan fingerprint density at radius 2 is 2.11 bits per heavy atom. The normalized spacial score (nSPS) is 15.3. The first-order valence-corrected chi connectivity index (χ1v) is 9.02. The number of nitriles is 1. The van der Waals surface area contributed by atoms with Gasteiger partial charge in [0.15, 0.2) is 0 Å². The first kappa shape index (κ1) is 19.0. The Bertz CT molecular complexity index is 944. The molecule has 0 amide bonds. The zero-order chi connectivity index (χ0) is 19.8. The topological polar surface area (TPSA) is 104 Å². The van der Waals surface area contributed by atoms with Gasteiger partial charge < -0.3 is 9.80 Å². The van der Waals surface area contributed by atoms with Crippen LogP contribution in [0.1, 0.15) is 24.0 Å². The first-order chi connectivity index (χ1) is 12.7. The molecule has 0 bridgehead atoms. The fraction of sp³-hybridized carbons (Fsp3) is 0.438. The third-order valence-electron chi connectivity index (χ3n) is 4.12. The van der Waals surface area contributed by atoms with Gasteiger partial charge in [-0.1, -0.05) is 13.3 Å². The van der Waals surface area contributed by atoms with Gasteiger partial charge in [-0.3, -0.25) is 10.8 Å². The van der Waals surface area contributed by atoms with Crippen LogP contribution in [0.5, 0.6) is 0 Å². The van der Waals surface area contributed by atoms with Crippen molar-refractivity contribution in [2.75, 3.05) is 24.5 Å². The van der Waals surface area contributed by atoms with Crippen LogP contribution in [0.25, 0.3) is 10.2 Å². The summed E-state index contributed by atoms with van der Waals surface area (Å²) >= 11 is 1.46. The summed E-state index contributed by atoms with van der Waals surface area (Å²) in [5.41, 5.74) is 0. The number of alkyl halides is 3. The van der Waals surface area contributed by atoms with Crippen LogP contribution < -0.4 is 4.90 Å². The van der Waals surface area contributed by atoms with E-state index >= 15 is 0 Å². The van der Waals surface area contributed by atoms with Crippen LogP contribution in [0.2, 0.25) is 0 Å². The average Bonchev–Trinajstić information content (AvgIpc) is 3.02. The van der Waals surface area contributed by atoms with E-state index in [-0.39, 0.29) is 31.3 Å². The lowest BCUT2D eigenvalue weighted by atomic mass is 10.2. The third-order valence-corrected chi connectivity index (χ3v) is 5.21. The molecule has 0 aromatic carbocycles. The van der Waals surface area contributed by atoms with E-state index in [0.717, 1.165) is 23.1 Å². The fourth-order valence-corrected chi connectivity index (χ4v) is 4.02. The molecule has 27 heavy (non-hydrogen) atoms. The van der Waals surface area contributed by atoms with E-state index in [1.54, 1.807) is 4.90 Å². The van der Waals surface area contributed by atoms with Crippen molar-refractivity contribution >= 4 is 39.0 Å². The van der Waals surface area contributed by atoms with Crippen molar-refractivity contribution in [3.05, 3.63) is 16.8 Å². The highest BCUT2D eigenvalue weighted by Crippen LogP contribution is 2.32. The Balaban J connectivity index is 1.93. The number of hydrogen-bond donors (Lipinski definition) is 2. The van der Waals surface area contributed by atoms with Gasteiger partial charge in [-0.05, 0) is 12.5 Å². The molecule has 0 radical (unpaired) electrons. The minimum Gasteiger partial charge on any atom is -0.347 e. The Kier molecular flexibility index (Phi) is 5.01. The van der Waals surface area contributed by atoms with Crippen LogP contribution in [-0.2, 0) is 6.42 Å². The lowest BCUT2D eigenvalue weighted by Crippen LogP contribution is -2.55. The Labute approximate surface area is 157 Å². The molecule has 1 aliphatic rings. The maximum atomic E-state index is 12.8. The standard InChI is InChI=1S/C16H16F3N7S/c1-2-3-9-6-10-13(23-12(7-20)24-14(10)27-9)25-4-5-26(11(21)8-25)15(22)16(17,18)19/h6,21-22H,2-5,8H2,1H3. The van der Waals surface area contributed by atoms with Crippen molar-refractivity contribution < 1.29 is 13.2 Å². The molecule has 0 unspecified atom stereocenters. The molecule has 1 fully saturated rings. The quantitative estimate of drug-likeness (QED) is 0.614. The number of aryl methyl sites for hydroxylation is 1. The van der Waals surface area contributed by atoms with Gasteiger partial charge in [0.25, 0.3) is 0 Å².